The number of halogens is 5. The predicted molar refractivity (Wildman–Crippen MR) is 86.4 cm³/mol. The van der Waals surface area contributed by atoms with Crippen LogP contribution < -0.4 is 0 Å². The molecule has 125 valence electrons. The zero-order valence-corrected chi connectivity index (χ0v) is 14.2. The number of hydrogen-bond donors (Lipinski definition) is 0. The fourth-order valence-corrected chi connectivity index (χ4v) is 3.03. The maximum absolute atomic E-state index is 13.0. The monoisotopic (exact) mass is 372 g/mol. The van der Waals surface area contributed by atoms with Gasteiger partial charge in [0.2, 0.25) is 0 Å². The lowest BCUT2D eigenvalue weighted by Crippen LogP contribution is -2.09. The highest BCUT2D eigenvalue weighted by Gasteiger charge is 2.33. The lowest BCUT2D eigenvalue weighted by atomic mass is 10.1. The Morgan fingerprint density at radius 1 is 1.25 bits per heavy atom. The van der Waals surface area contributed by atoms with Crippen LogP contribution in [-0.2, 0) is 19.6 Å². The third kappa shape index (κ3) is 2.96. The summed E-state index contributed by atoms with van der Waals surface area (Å²) in [6.45, 7) is 1.63. The predicted octanol–water partition coefficient (Wildman–Crippen LogP) is 4.99. The van der Waals surface area contributed by atoms with Gasteiger partial charge >= 0.3 is 6.18 Å². The molecule has 0 unspecified atom stereocenters. The summed E-state index contributed by atoms with van der Waals surface area (Å²) in [5, 5.41) is 1.32. The molecule has 0 saturated carbocycles. The molecule has 24 heavy (non-hydrogen) atoms. The van der Waals surface area contributed by atoms with E-state index in [0.29, 0.717) is 28.0 Å². The molecule has 0 amide bonds. The average Bonchev–Trinajstić information content (AvgIpc) is 2.80. The van der Waals surface area contributed by atoms with Crippen LogP contribution in [0.15, 0.2) is 18.3 Å². The van der Waals surface area contributed by atoms with Crippen molar-refractivity contribution >= 4 is 34.2 Å². The number of nitrogens with zero attached hydrogens (tertiary/aromatic N) is 3. The van der Waals surface area contributed by atoms with Gasteiger partial charge in [-0.1, -0.05) is 23.2 Å². The molecule has 1 radical (unpaired) electrons. The molecule has 0 aliphatic rings. The number of alkyl halides is 3. The Morgan fingerprint density at radius 3 is 2.58 bits per heavy atom. The SMILES string of the molecule is Cc1cc(C(F)(F)F)nc2c1cc(Cc1c(Cl)[c]ncc1Cl)n2C. The van der Waals surface area contributed by atoms with E-state index in [4.69, 9.17) is 23.2 Å². The van der Waals surface area contributed by atoms with Crippen molar-refractivity contribution in [2.45, 2.75) is 19.5 Å². The highest BCUT2D eigenvalue weighted by atomic mass is 35.5. The molecule has 0 aliphatic carbocycles. The van der Waals surface area contributed by atoms with Crippen LogP contribution >= 0.6 is 23.2 Å². The Morgan fingerprint density at radius 2 is 1.96 bits per heavy atom. The van der Waals surface area contributed by atoms with Crippen molar-refractivity contribution in [3.63, 3.8) is 0 Å². The van der Waals surface area contributed by atoms with E-state index >= 15 is 0 Å². The van der Waals surface area contributed by atoms with Gasteiger partial charge in [0.05, 0.1) is 10.0 Å². The largest absolute Gasteiger partial charge is 0.433 e. The van der Waals surface area contributed by atoms with Gasteiger partial charge in [-0.2, -0.15) is 13.2 Å². The van der Waals surface area contributed by atoms with E-state index in [-0.39, 0.29) is 10.7 Å². The zero-order valence-electron chi connectivity index (χ0n) is 12.7. The van der Waals surface area contributed by atoms with Gasteiger partial charge in [0, 0.05) is 30.7 Å². The molecule has 3 aromatic rings. The third-order valence-electron chi connectivity index (χ3n) is 3.85. The van der Waals surface area contributed by atoms with Crippen LogP contribution in [0.25, 0.3) is 11.0 Å². The molecule has 0 atom stereocenters. The van der Waals surface area contributed by atoms with Crippen LogP contribution in [0, 0.1) is 13.1 Å². The van der Waals surface area contributed by atoms with Gasteiger partial charge in [0.25, 0.3) is 0 Å². The molecule has 0 spiro atoms. The van der Waals surface area contributed by atoms with Gasteiger partial charge < -0.3 is 4.57 Å². The lowest BCUT2D eigenvalue weighted by molar-refractivity contribution is -0.141. The molecule has 3 heterocycles. The van der Waals surface area contributed by atoms with Gasteiger partial charge in [0.15, 0.2) is 0 Å². The molecular formula is C16H11Cl2F3N3. The van der Waals surface area contributed by atoms with Gasteiger partial charge in [-0.25, -0.2) is 4.98 Å². The maximum Gasteiger partial charge on any atom is 0.433 e. The summed E-state index contributed by atoms with van der Waals surface area (Å²) in [6.07, 6.45) is -0.113. The second kappa shape index (κ2) is 5.93. The highest BCUT2D eigenvalue weighted by molar-refractivity contribution is 6.35. The van der Waals surface area contributed by atoms with E-state index in [0.717, 1.165) is 11.8 Å². The van der Waals surface area contributed by atoms with Crippen LogP contribution in [-0.4, -0.2) is 14.5 Å². The van der Waals surface area contributed by atoms with Crippen LogP contribution in [0.1, 0.15) is 22.5 Å². The van der Waals surface area contributed by atoms with Gasteiger partial charge in [-0.15, -0.1) is 0 Å². The van der Waals surface area contributed by atoms with E-state index in [1.54, 1.807) is 24.6 Å². The number of pyridine rings is 2. The van der Waals surface area contributed by atoms with E-state index < -0.39 is 11.9 Å². The quantitative estimate of drug-likeness (QED) is 0.634. The first kappa shape index (κ1) is 17.0. The number of hydrogen-bond acceptors (Lipinski definition) is 2. The lowest BCUT2D eigenvalue weighted by Gasteiger charge is -2.09. The fourth-order valence-electron chi connectivity index (χ4n) is 2.55. The average molecular weight is 373 g/mol. The first-order valence-electron chi connectivity index (χ1n) is 6.92. The number of fused-ring (bicyclic) bond motifs is 1. The Labute approximate surface area is 146 Å². The van der Waals surface area contributed by atoms with Crippen molar-refractivity contribution in [1.29, 1.82) is 0 Å². The van der Waals surface area contributed by atoms with Gasteiger partial charge in [0.1, 0.15) is 17.5 Å². The topological polar surface area (TPSA) is 30.7 Å². The number of aryl methyl sites for hydroxylation is 2. The second-order valence-corrected chi connectivity index (χ2v) is 6.23. The Kier molecular flexibility index (Phi) is 4.21. The van der Waals surface area contributed by atoms with Crippen molar-refractivity contribution in [1.82, 2.24) is 14.5 Å². The van der Waals surface area contributed by atoms with Crippen LogP contribution in [0.5, 0.6) is 0 Å². The Balaban J connectivity index is 2.14. The van der Waals surface area contributed by atoms with Crippen molar-refractivity contribution in [3.05, 3.63) is 57.1 Å². The Hall–Kier alpha value is -1.79. The smallest absolute Gasteiger partial charge is 0.332 e. The minimum absolute atomic E-state index is 0.266. The van der Waals surface area contributed by atoms with Crippen molar-refractivity contribution in [2.75, 3.05) is 0 Å². The molecule has 0 aromatic carbocycles. The molecule has 3 aromatic heterocycles. The summed E-state index contributed by atoms with van der Waals surface area (Å²) in [4.78, 5) is 7.54. The molecule has 0 fully saturated rings. The fraction of sp³-hybridized carbons (Fsp3) is 0.250. The van der Waals surface area contributed by atoms with Gasteiger partial charge in [-0.3, -0.25) is 4.98 Å². The molecule has 0 bridgehead atoms. The Bertz CT molecular complexity index is 912. The minimum atomic E-state index is -4.49. The van der Waals surface area contributed by atoms with Crippen LogP contribution in [0.2, 0.25) is 10.0 Å². The van der Waals surface area contributed by atoms with Crippen LogP contribution in [0.4, 0.5) is 13.2 Å². The maximum atomic E-state index is 13.0. The van der Waals surface area contributed by atoms with E-state index in [9.17, 15) is 13.2 Å². The first-order chi connectivity index (χ1) is 11.2. The molecule has 3 nitrogen and oxygen atoms in total. The van der Waals surface area contributed by atoms with E-state index in [2.05, 4.69) is 16.2 Å². The highest BCUT2D eigenvalue weighted by Crippen LogP contribution is 2.33. The number of rotatable bonds is 2. The summed E-state index contributed by atoms with van der Waals surface area (Å²) in [6, 6.07) is 2.84. The van der Waals surface area contributed by atoms with E-state index in [1.807, 2.05) is 0 Å². The van der Waals surface area contributed by atoms with Crippen molar-refractivity contribution < 1.29 is 13.2 Å². The molecule has 3 rings (SSSR count). The molecular weight excluding hydrogens is 362 g/mol. The summed E-state index contributed by atoms with van der Waals surface area (Å²) in [5.74, 6) is 0. The standard InChI is InChI=1S/C16H11Cl2F3N3/c1-8-3-14(16(19,20)21)23-15-10(8)4-9(24(15)2)5-11-12(17)6-22-7-13(11)18/h3-4,6H,5H2,1-2H3. The van der Waals surface area contributed by atoms with Gasteiger partial charge in [-0.05, 0) is 30.2 Å². The summed E-state index contributed by atoms with van der Waals surface area (Å²) >= 11 is 12.2. The first-order valence-corrected chi connectivity index (χ1v) is 7.67. The number of aromatic nitrogens is 3. The normalized spacial score (nSPS) is 12.1. The van der Waals surface area contributed by atoms with E-state index in [1.165, 1.54) is 6.20 Å². The summed E-state index contributed by atoms with van der Waals surface area (Å²) in [5.41, 5.74) is 1.22. The molecule has 8 heteroatoms. The summed E-state index contributed by atoms with van der Waals surface area (Å²) < 4.78 is 40.5. The molecule has 0 saturated heterocycles. The molecule has 0 N–H and O–H groups in total. The van der Waals surface area contributed by atoms with Crippen molar-refractivity contribution in [3.8, 4) is 0 Å². The summed E-state index contributed by atoms with van der Waals surface area (Å²) in [7, 11) is 1.66. The zero-order chi connectivity index (χ0) is 17.6. The van der Waals surface area contributed by atoms with Crippen LogP contribution in [0.3, 0.4) is 0 Å². The second-order valence-electron chi connectivity index (χ2n) is 5.44. The minimum Gasteiger partial charge on any atom is -0.332 e. The molecule has 0 aliphatic heterocycles. The van der Waals surface area contributed by atoms with Crippen molar-refractivity contribution in [2.24, 2.45) is 7.05 Å². The third-order valence-corrected chi connectivity index (χ3v) is 4.49.